The van der Waals surface area contributed by atoms with Gasteiger partial charge in [-0.05, 0) is 38.1 Å². The molecule has 2 aromatic heterocycles. The SMILES string of the molecule is Cc1ccc(C)c(-n2cc(CN(C)Cc3ccon3)c(-c3ccccc3)n2)c1. The zero-order valence-corrected chi connectivity index (χ0v) is 16.5. The molecule has 2 heterocycles. The molecule has 28 heavy (non-hydrogen) atoms. The first kappa shape index (κ1) is 18.2. The van der Waals surface area contributed by atoms with E-state index in [0.29, 0.717) is 0 Å². The van der Waals surface area contributed by atoms with E-state index in [4.69, 9.17) is 9.62 Å². The normalized spacial score (nSPS) is 11.3. The van der Waals surface area contributed by atoms with Gasteiger partial charge in [0.1, 0.15) is 6.26 Å². The van der Waals surface area contributed by atoms with Crippen molar-refractivity contribution in [1.82, 2.24) is 19.8 Å². The fourth-order valence-corrected chi connectivity index (χ4v) is 3.40. The third-order valence-electron chi connectivity index (χ3n) is 4.81. The van der Waals surface area contributed by atoms with E-state index in [1.54, 1.807) is 6.26 Å². The number of hydrogen-bond acceptors (Lipinski definition) is 4. The van der Waals surface area contributed by atoms with E-state index in [0.717, 1.165) is 35.7 Å². The number of rotatable bonds is 6. The van der Waals surface area contributed by atoms with Crippen LogP contribution >= 0.6 is 0 Å². The number of nitrogens with zero attached hydrogens (tertiary/aromatic N) is 4. The summed E-state index contributed by atoms with van der Waals surface area (Å²) in [5.41, 5.74) is 7.77. The van der Waals surface area contributed by atoms with Gasteiger partial charge < -0.3 is 4.52 Å². The predicted octanol–water partition coefficient (Wildman–Crippen LogP) is 4.78. The molecule has 4 aromatic rings. The van der Waals surface area contributed by atoms with Crippen LogP contribution in [0.4, 0.5) is 0 Å². The van der Waals surface area contributed by atoms with Crippen LogP contribution in [0.5, 0.6) is 0 Å². The van der Waals surface area contributed by atoms with Gasteiger partial charge in [-0.2, -0.15) is 5.10 Å². The molecule has 0 spiro atoms. The van der Waals surface area contributed by atoms with Crippen LogP contribution in [0, 0.1) is 13.8 Å². The lowest BCUT2D eigenvalue weighted by Crippen LogP contribution is -2.17. The van der Waals surface area contributed by atoms with E-state index in [9.17, 15) is 0 Å². The highest BCUT2D eigenvalue weighted by molar-refractivity contribution is 5.63. The second-order valence-corrected chi connectivity index (χ2v) is 7.27. The van der Waals surface area contributed by atoms with E-state index in [1.807, 2.05) is 16.8 Å². The van der Waals surface area contributed by atoms with Crippen molar-refractivity contribution >= 4 is 0 Å². The number of benzene rings is 2. The zero-order chi connectivity index (χ0) is 19.5. The van der Waals surface area contributed by atoms with Crippen molar-refractivity contribution in [3.8, 4) is 16.9 Å². The molecule has 0 aliphatic carbocycles. The van der Waals surface area contributed by atoms with Crippen LogP contribution in [-0.2, 0) is 13.1 Å². The van der Waals surface area contributed by atoms with Crippen molar-refractivity contribution in [3.63, 3.8) is 0 Å². The Hall–Kier alpha value is -3.18. The fraction of sp³-hybridized carbons (Fsp3) is 0.217. The first-order valence-corrected chi connectivity index (χ1v) is 9.39. The summed E-state index contributed by atoms with van der Waals surface area (Å²) in [5.74, 6) is 0. The lowest BCUT2D eigenvalue weighted by molar-refractivity contribution is 0.304. The van der Waals surface area contributed by atoms with Crippen LogP contribution in [0.25, 0.3) is 16.9 Å². The van der Waals surface area contributed by atoms with Gasteiger partial charge in [-0.1, -0.05) is 47.6 Å². The number of aromatic nitrogens is 3. The summed E-state index contributed by atoms with van der Waals surface area (Å²) in [4.78, 5) is 2.22. The highest BCUT2D eigenvalue weighted by Gasteiger charge is 2.15. The summed E-state index contributed by atoms with van der Waals surface area (Å²) in [6.07, 6.45) is 3.75. The highest BCUT2D eigenvalue weighted by atomic mass is 16.5. The molecule has 0 aliphatic heterocycles. The van der Waals surface area contributed by atoms with Gasteiger partial charge in [-0.25, -0.2) is 4.68 Å². The standard InChI is InChI=1S/C23H24N4O/c1-17-9-10-18(2)22(13-17)27-15-20(14-26(3)16-21-11-12-28-25-21)23(24-27)19-7-5-4-6-8-19/h4-13,15H,14,16H2,1-3H3. The molecule has 0 saturated heterocycles. The lowest BCUT2D eigenvalue weighted by atomic mass is 10.1. The van der Waals surface area contributed by atoms with Gasteiger partial charge in [0.05, 0.1) is 17.1 Å². The third-order valence-corrected chi connectivity index (χ3v) is 4.81. The average Bonchev–Trinajstić information content (AvgIpc) is 3.34. The third kappa shape index (κ3) is 3.89. The molecule has 0 aliphatic rings. The number of hydrogen-bond donors (Lipinski definition) is 0. The van der Waals surface area contributed by atoms with Crippen molar-refractivity contribution < 1.29 is 4.52 Å². The number of aryl methyl sites for hydroxylation is 2. The minimum atomic E-state index is 0.722. The monoisotopic (exact) mass is 372 g/mol. The molecule has 0 bridgehead atoms. The Kier molecular flexibility index (Phi) is 5.08. The Morgan fingerprint density at radius 2 is 1.82 bits per heavy atom. The first-order valence-electron chi connectivity index (χ1n) is 9.39. The first-order chi connectivity index (χ1) is 13.6. The molecule has 5 heteroatoms. The Morgan fingerprint density at radius 1 is 1.00 bits per heavy atom. The van der Waals surface area contributed by atoms with Crippen molar-refractivity contribution in [2.75, 3.05) is 7.05 Å². The van der Waals surface area contributed by atoms with Gasteiger partial charge in [0.25, 0.3) is 0 Å². The Balaban J connectivity index is 1.71. The van der Waals surface area contributed by atoms with Crippen LogP contribution in [0.15, 0.2) is 71.6 Å². The molecular formula is C23H24N4O. The molecule has 0 atom stereocenters. The molecule has 2 aromatic carbocycles. The quantitative estimate of drug-likeness (QED) is 0.489. The minimum Gasteiger partial charge on any atom is -0.364 e. The Morgan fingerprint density at radius 3 is 2.57 bits per heavy atom. The molecule has 5 nitrogen and oxygen atoms in total. The predicted molar refractivity (Wildman–Crippen MR) is 110 cm³/mol. The molecule has 142 valence electrons. The summed E-state index contributed by atoms with van der Waals surface area (Å²) in [6.45, 7) is 5.72. The summed E-state index contributed by atoms with van der Waals surface area (Å²) in [7, 11) is 2.08. The van der Waals surface area contributed by atoms with Gasteiger partial charge in [0, 0.05) is 36.5 Å². The zero-order valence-electron chi connectivity index (χ0n) is 16.5. The van der Waals surface area contributed by atoms with Gasteiger partial charge in [-0.15, -0.1) is 0 Å². The van der Waals surface area contributed by atoms with E-state index in [2.05, 4.69) is 79.6 Å². The molecule has 0 radical (unpaired) electrons. The van der Waals surface area contributed by atoms with Crippen molar-refractivity contribution in [2.24, 2.45) is 0 Å². The largest absolute Gasteiger partial charge is 0.364 e. The summed E-state index contributed by atoms with van der Waals surface area (Å²) < 4.78 is 6.96. The van der Waals surface area contributed by atoms with Crippen molar-refractivity contribution in [2.45, 2.75) is 26.9 Å². The average molecular weight is 372 g/mol. The van der Waals surface area contributed by atoms with E-state index in [1.165, 1.54) is 16.7 Å². The Labute approximate surface area is 165 Å². The maximum absolute atomic E-state index is 4.96. The van der Waals surface area contributed by atoms with Gasteiger partial charge in [0.15, 0.2) is 0 Å². The van der Waals surface area contributed by atoms with Crippen LogP contribution in [0.1, 0.15) is 22.4 Å². The van der Waals surface area contributed by atoms with Crippen molar-refractivity contribution in [3.05, 3.63) is 89.4 Å². The minimum absolute atomic E-state index is 0.722. The van der Waals surface area contributed by atoms with Crippen molar-refractivity contribution in [1.29, 1.82) is 0 Å². The molecular weight excluding hydrogens is 348 g/mol. The van der Waals surface area contributed by atoms with Crippen LogP contribution in [-0.4, -0.2) is 26.9 Å². The summed E-state index contributed by atoms with van der Waals surface area (Å²) in [5, 5.41) is 8.97. The van der Waals surface area contributed by atoms with E-state index >= 15 is 0 Å². The summed E-state index contributed by atoms with van der Waals surface area (Å²) in [6, 6.07) is 18.7. The molecule has 4 rings (SSSR count). The van der Waals surface area contributed by atoms with Gasteiger partial charge >= 0.3 is 0 Å². The second kappa shape index (κ2) is 7.82. The molecule has 0 amide bonds. The molecule has 0 saturated carbocycles. The fourth-order valence-electron chi connectivity index (χ4n) is 3.40. The van der Waals surface area contributed by atoms with Gasteiger partial charge in [0.2, 0.25) is 0 Å². The maximum atomic E-state index is 4.96. The molecule has 0 fully saturated rings. The maximum Gasteiger partial charge on any atom is 0.124 e. The highest BCUT2D eigenvalue weighted by Crippen LogP contribution is 2.26. The van der Waals surface area contributed by atoms with E-state index < -0.39 is 0 Å². The molecule has 0 N–H and O–H groups in total. The molecule has 0 unspecified atom stereocenters. The van der Waals surface area contributed by atoms with Crippen LogP contribution in [0.3, 0.4) is 0 Å². The van der Waals surface area contributed by atoms with Crippen LogP contribution in [0.2, 0.25) is 0 Å². The lowest BCUT2D eigenvalue weighted by Gasteiger charge is -2.14. The Bertz CT molecular complexity index is 1050. The smallest absolute Gasteiger partial charge is 0.124 e. The summed E-state index contributed by atoms with van der Waals surface area (Å²) >= 11 is 0. The second-order valence-electron chi connectivity index (χ2n) is 7.27. The van der Waals surface area contributed by atoms with Crippen LogP contribution < -0.4 is 0 Å². The van der Waals surface area contributed by atoms with Gasteiger partial charge in [-0.3, -0.25) is 4.90 Å². The van der Waals surface area contributed by atoms with E-state index in [-0.39, 0.29) is 0 Å². The topological polar surface area (TPSA) is 47.1 Å².